The first-order chi connectivity index (χ1) is 14.2. The number of amides is 1. The van der Waals surface area contributed by atoms with Gasteiger partial charge in [-0.3, -0.25) is 4.79 Å². The van der Waals surface area contributed by atoms with Crippen molar-refractivity contribution in [2.24, 2.45) is 0 Å². The fourth-order valence-corrected chi connectivity index (χ4v) is 5.89. The van der Waals surface area contributed by atoms with Gasteiger partial charge in [0.25, 0.3) is 11.7 Å². The number of piperidine rings is 1. The van der Waals surface area contributed by atoms with Gasteiger partial charge in [-0.15, -0.1) is 11.3 Å². The monoisotopic (exact) mass is 404 g/mol. The van der Waals surface area contributed by atoms with Gasteiger partial charge in [-0.1, -0.05) is 0 Å². The summed E-state index contributed by atoms with van der Waals surface area (Å²) in [6.07, 6.45) is 5.74. The van der Waals surface area contributed by atoms with Crippen molar-refractivity contribution in [3.8, 4) is 0 Å². The molecule has 2 aliphatic heterocycles. The molecule has 3 aromatic heterocycles. The molecule has 1 amide bonds. The number of carbonyl (C=O) groups is 1. The molecule has 5 heterocycles. The molecule has 0 spiro atoms. The first-order valence-corrected chi connectivity index (χ1v) is 10.9. The standard InChI is InChI=1S/C21H20N6OS/c1-12-8-18(27-21(25-12)22-10-24-27)15-5-3-14-4-7-17(15)26(14)20(28)13-2-6-16-19(9-13)29-11-23-16/h2,6,8-11,14-15,17H,3-5,7H2,1H3/t14-,15-,17-/m1/s1. The number of hydrogen-bond acceptors (Lipinski definition) is 6. The first-order valence-electron chi connectivity index (χ1n) is 10.0. The van der Waals surface area contributed by atoms with E-state index in [1.165, 1.54) is 0 Å². The van der Waals surface area contributed by atoms with Crippen LogP contribution in [0.5, 0.6) is 0 Å². The van der Waals surface area contributed by atoms with E-state index >= 15 is 0 Å². The summed E-state index contributed by atoms with van der Waals surface area (Å²) < 4.78 is 2.91. The minimum absolute atomic E-state index is 0.137. The second-order valence-electron chi connectivity index (χ2n) is 8.02. The maximum Gasteiger partial charge on any atom is 0.254 e. The SMILES string of the molecule is Cc1cc([C@@H]2CC[C@@H]3CC[C@H]2N3C(=O)c2ccc3ncsc3c2)n2ncnc2n1. The van der Waals surface area contributed by atoms with Gasteiger partial charge in [0.15, 0.2) is 0 Å². The molecule has 0 unspecified atom stereocenters. The molecule has 146 valence electrons. The Kier molecular flexibility index (Phi) is 3.71. The normalized spacial score (nSPS) is 23.9. The molecule has 2 aliphatic rings. The van der Waals surface area contributed by atoms with Crippen LogP contribution in [0.1, 0.15) is 53.3 Å². The lowest BCUT2D eigenvalue weighted by Gasteiger charge is -2.40. The van der Waals surface area contributed by atoms with Crippen LogP contribution < -0.4 is 0 Å². The van der Waals surface area contributed by atoms with E-state index in [1.807, 2.05) is 35.1 Å². The second-order valence-corrected chi connectivity index (χ2v) is 8.91. The molecule has 6 rings (SSSR count). The zero-order valence-corrected chi connectivity index (χ0v) is 16.8. The molecule has 0 aliphatic carbocycles. The summed E-state index contributed by atoms with van der Waals surface area (Å²) in [5, 5.41) is 4.41. The predicted octanol–water partition coefficient (Wildman–Crippen LogP) is 3.59. The van der Waals surface area contributed by atoms with Crippen LogP contribution in [-0.2, 0) is 0 Å². The van der Waals surface area contributed by atoms with E-state index in [4.69, 9.17) is 0 Å². The second kappa shape index (κ2) is 6.32. The lowest BCUT2D eigenvalue weighted by Crippen LogP contribution is -2.47. The minimum atomic E-state index is 0.137. The van der Waals surface area contributed by atoms with Crippen molar-refractivity contribution < 1.29 is 4.79 Å². The number of carbonyl (C=O) groups excluding carboxylic acids is 1. The molecular weight excluding hydrogens is 384 g/mol. The van der Waals surface area contributed by atoms with Crippen LogP contribution in [0.15, 0.2) is 36.1 Å². The minimum Gasteiger partial charge on any atom is -0.332 e. The molecule has 4 aromatic rings. The van der Waals surface area contributed by atoms with E-state index in [0.717, 1.165) is 52.9 Å². The number of aromatic nitrogens is 5. The molecule has 7 nitrogen and oxygen atoms in total. The zero-order valence-electron chi connectivity index (χ0n) is 16.0. The lowest BCUT2D eigenvalue weighted by atomic mass is 9.86. The number of fused-ring (bicyclic) bond motifs is 4. The highest BCUT2D eigenvalue weighted by molar-refractivity contribution is 7.16. The van der Waals surface area contributed by atoms with Crippen LogP contribution in [-0.4, -0.2) is 47.5 Å². The van der Waals surface area contributed by atoms with E-state index in [-0.39, 0.29) is 17.9 Å². The van der Waals surface area contributed by atoms with Gasteiger partial charge in [-0.05, 0) is 56.9 Å². The highest BCUT2D eigenvalue weighted by Crippen LogP contribution is 2.44. The molecule has 2 saturated heterocycles. The summed E-state index contributed by atoms with van der Waals surface area (Å²) in [4.78, 5) is 28.8. The van der Waals surface area contributed by atoms with Crippen molar-refractivity contribution in [2.45, 2.75) is 50.6 Å². The van der Waals surface area contributed by atoms with Gasteiger partial charge < -0.3 is 4.90 Å². The Balaban J connectivity index is 1.40. The Labute approximate surface area is 171 Å². The van der Waals surface area contributed by atoms with Gasteiger partial charge >= 0.3 is 0 Å². The Morgan fingerprint density at radius 1 is 1.14 bits per heavy atom. The largest absolute Gasteiger partial charge is 0.332 e. The number of aryl methyl sites for hydroxylation is 1. The van der Waals surface area contributed by atoms with Crippen molar-refractivity contribution in [2.75, 3.05) is 0 Å². The van der Waals surface area contributed by atoms with Crippen LogP contribution in [0.2, 0.25) is 0 Å². The Morgan fingerprint density at radius 3 is 2.97 bits per heavy atom. The summed E-state index contributed by atoms with van der Waals surface area (Å²) in [5.74, 6) is 1.02. The maximum atomic E-state index is 13.5. The molecule has 1 aromatic carbocycles. The number of nitrogens with zero attached hydrogens (tertiary/aromatic N) is 6. The molecular formula is C21H20N6OS. The van der Waals surface area contributed by atoms with Crippen LogP contribution >= 0.6 is 11.3 Å². The van der Waals surface area contributed by atoms with Gasteiger partial charge in [0.05, 0.1) is 21.4 Å². The Hall–Kier alpha value is -2.87. The van der Waals surface area contributed by atoms with Crippen LogP contribution in [0.3, 0.4) is 0 Å². The number of hydrogen-bond donors (Lipinski definition) is 0. The predicted molar refractivity (Wildman–Crippen MR) is 110 cm³/mol. The van der Waals surface area contributed by atoms with Gasteiger partial charge in [-0.2, -0.15) is 10.1 Å². The van der Waals surface area contributed by atoms with E-state index < -0.39 is 0 Å². The fourth-order valence-electron chi connectivity index (χ4n) is 5.18. The maximum absolute atomic E-state index is 13.5. The van der Waals surface area contributed by atoms with Crippen molar-refractivity contribution in [1.82, 2.24) is 29.5 Å². The summed E-state index contributed by atoms with van der Waals surface area (Å²) in [6, 6.07) is 8.48. The topological polar surface area (TPSA) is 76.3 Å². The van der Waals surface area contributed by atoms with Gasteiger partial charge in [-0.25, -0.2) is 14.5 Å². The van der Waals surface area contributed by atoms with Crippen molar-refractivity contribution in [1.29, 1.82) is 0 Å². The van der Waals surface area contributed by atoms with Crippen molar-refractivity contribution in [3.05, 3.63) is 53.1 Å². The van der Waals surface area contributed by atoms with Crippen molar-refractivity contribution in [3.63, 3.8) is 0 Å². The summed E-state index contributed by atoms with van der Waals surface area (Å²) in [7, 11) is 0. The van der Waals surface area contributed by atoms with Crippen LogP contribution in [0, 0.1) is 6.92 Å². The van der Waals surface area contributed by atoms with Crippen LogP contribution in [0.4, 0.5) is 0 Å². The van der Waals surface area contributed by atoms with E-state index in [2.05, 4.69) is 31.0 Å². The average Bonchev–Trinajstić information content (AvgIpc) is 3.44. The number of rotatable bonds is 2. The van der Waals surface area contributed by atoms with Crippen molar-refractivity contribution >= 4 is 33.2 Å². The molecule has 2 fully saturated rings. The highest BCUT2D eigenvalue weighted by atomic mass is 32.1. The summed E-state index contributed by atoms with van der Waals surface area (Å²) in [5.41, 5.74) is 5.59. The molecule has 0 radical (unpaired) electrons. The van der Waals surface area contributed by atoms with E-state index in [0.29, 0.717) is 11.8 Å². The Bertz CT molecular complexity index is 1250. The lowest BCUT2D eigenvalue weighted by molar-refractivity contribution is 0.0555. The third kappa shape index (κ3) is 2.58. The molecule has 3 atom stereocenters. The average molecular weight is 404 g/mol. The highest BCUT2D eigenvalue weighted by Gasteiger charge is 2.46. The molecule has 2 bridgehead atoms. The molecule has 0 N–H and O–H groups in total. The van der Waals surface area contributed by atoms with Gasteiger partial charge in [0, 0.05) is 29.3 Å². The van der Waals surface area contributed by atoms with Crippen LogP contribution in [0.25, 0.3) is 16.0 Å². The van der Waals surface area contributed by atoms with E-state index in [1.54, 1.807) is 17.7 Å². The zero-order chi connectivity index (χ0) is 19.5. The number of benzene rings is 1. The molecule has 0 saturated carbocycles. The summed E-state index contributed by atoms with van der Waals surface area (Å²) >= 11 is 1.58. The Morgan fingerprint density at radius 2 is 2.03 bits per heavy atom. The van der Waals surface area contributed by atoms with Gasteiger partial charge in [0.2, 0.25) is 0 Å². The quantitative estimate of drug-likeness (QED) is 0.510. The smallest absolute Gasteiger partial charge is 0.254 e. The molecule has 29 heavy (non-hydrogen) atoms. The first kappa shape index (κ1) is 17.0. The van der Waals surface area contributed by atoms with E-state index in [9.17, 15) is 4.79 Å². The van der Waals surface area contributed by atoms with Gasteiger partial charge in [0.1, 0.15) is 6.33 Å². The third-order valence-corrected chi connectivity index (χ3v) is 7.21. The molecule has 8 heteroatoms. The fraction of sp³-hybridized carbons (Fsp3) is 0.381. The number of thiazole rings is 1. The summed E-state index contributed by atoms with van der Waals surface area (Å²) in [6.45, 7) is 1.99. The third-order valence-electron chi connectivity index (χ3n) is 6.42.